The van der Waals surface area contributed by atoms with Crippen LogP contribution in [0, 0.1) is 34.0 Å². The second-order valence-electron chi connectivity index (χ2n) is 45.7. The molecule has 3 aromatic heterocycles. The first-order chi connectivity index (χ1) is 69.3. The van der Waals surface area contributed by atoms with E-state index < -0.39 is 208 Å². The molecule has 0 bridgehead atoms. The fourth-order valence-electron chi connectivity index (χ4n) is 17.8. The number of likely N-dealkylation sites (tertiary alicyclic amines) is 3. The number of aliphatic hydroxyl groups excluding tert-OH is 1. The van der Waals surface area contributed by atoms with Gasteiger partial charge in [0.25, 0.3) is 5.91 Å². The number of fused-ring (bicyclic) bond motifs is 3. The van der Waals surface area contributed by atoms with E-state index in [2.05, 4.69) is 71.1 Å². The number of aromatic nitrogens is 6. The molecule has 3 aromatic carbocycles. The largest absolute Gasteiger partial charge is 0.497 e. The van der Waals surface area contributed by atoms with Crippen LogP contribution in [0.15, 0.2) is 73.6 Å². The van der Waals surface area contributed by atoms with Crippen molar-refractivity contribution in [2.75, 3.05) is 41.0 Å². The van der Waals surface area contributed by atoms with Crippen LogP contribution in [0.25, 0.3) is 32.7 Å². The van der Waals surface area contributed by atoms with Gasteiger partial charge in [0.2, 0.25) is 47.2 Å². The Morgan fingerprint density at radius 2 is 0.753 bits per heavy atom. The van der Waals surface area contributed by atoms with E-state index >= 15 is 0 Å². The summed E-state index contributed by atoms with van der Waals surface area (Å²) < 4.78 is 102. The van der Waals surface area contributed by atoms with Crippen molar-refractivity contribution in [2.24, 2.45) is 39.1 Å². The van der Waals surface area contributed by atoms with Crippen molar-refractivity contribution in [3.8, 4) is 29.0 Å². The molecular weight excluding hydrogens is 2010 g/mol. The number of rotatable bonds is 30. The van der Waals surface area contributed by atoms with Gasteiger partial charge in [-0.25, -0.2) is 67.9 Å². The molecule has 6 aromatic rings. The van der Waals surface area contributed by atoms with Gasteiger partial charge in [0.1, 0.15) is 123 Å². The lowest BCUT2D eigenvalue weighted by molar-refractivity contribution is -0.146. The summed E-state index contributed by atoms with van der Waals surface area (Å²) in [6.07, 6.45) is 4.64. The number of hydrogen-bond donors (Lipinski definition) is 11. The smallest absolute Gasteiger partial charge is 0.408 e. The Morgan fingerprint density at radius 3 is 1.05 bits per heavy atom. The predicted molar refractivity (Wildman–Crippen MR) is 547 cm³/mol. The van der Waals surface area contributed by atoms with E-state index in [1.807, 2.05) is 43.7 Å². The van der Waals surface area contributed by atoms with Crippen LogP contribution < -0.4 is 65.4 Å². The third kappa shape index (κ3) is 31.3. The van der Waals surface area contributed by atoms with Crippen molar-refractivity contribution < 1.29 is 136 Å². The van der Waals surface area contributed by atoms with Gasteiger partial charge in [-0.3, -0.25) is 37.7 Å². The van der Waals surface area contributed by atoms with Crippen molar-refractivity contribution in [3.63, 3.8) is 0 Å². The van der Waals surface area contributed by atoms with Gasteiger partial charge in [0.05, 0.1) is 79.0 Å². The predicted octanol–water partition coefficient (Wildman–Crippen LogP) is 9.74. The minimum absolute atomic E-state index is 0.00156. The number of β-amino-alcohol motifs (C(OH)–C–C–N with tert-alkyl or cyclic N) is 1. The number of benzene rings is 3. The number of alkyl carbamates (subject to hydrolysis) is 3. The number of hydrogen-bond acceptors (Lipinski definition) is 33. The zero-order valence-electron chi connectivity index (χ0n) is 89.9. The number of carbonyl (C=O) groups excluding carboxylic acids is 10. The molecule has 15 atom stereocenters. The summed E-state index contributed by atoms with van der Waals surface area (Å²) in [4.78, 5) is 188. The summed E-state index contributed by atoms with van der Waals surface area (Å²) in [5.74, 6) is -4.91. The first-order valence-corrected chi connectivity index (χ1v) is 52.9. The molecule has 0 unspecified atom stereocenters. The molecule has 12 N–H and O–H groups in total. The standard InChI is InChI=1S/C35H50N6O10S.C31H43N5O8.C22H37N3O7.C9H7ClN2O.C4H9NO3S/c1-10-20-17-35(20,30(44)40-52(46,47)51-34(8)13-14-34)39-27(42)25-16-22(49-28-23-12-11-21(48-9)15-24(23)36-19-37-28)18-41(25)29(43)26(32(2,3)4)38-31(45)50-33(5,6)7;1-9-17-14-31(17,27(39)40)35-24(37)22-13-19(43-25-20-11-10-18(42-8)12-21(20)32-16-33-25)15-36(22)26(38)23(29(2,3)4)34-28(41)44-30(5,6)7;1-8-12-10-22(12,18(29)30)24-16(27)14-9-13(26)11-25(14)17(28)15(20(2,3)4)23-19(31)32-21(5,6)7;1-13-6-2-3-7-8(4-6)11-5-12-9(7)10;1-4(2-3-4)8-9(5,6)7/h11-12,15,19-20,22,25-26H,10,13-14,16-18H2,1-9H3,(H,38,45)(H,39,42)(H,40,44);10-12,16-17,19,22-23H,9,13-15H2,1-8H3,(H,34,41)(H,35,37)(H,39,40);12-15,26H,8-11H2,1-7H3,(H,23,31)(H,24,27)(H,29,30);2-5H,1H3;2-3H2,1H3,(H2,5,6,7)/t20-,22-,25+,26-,35-;17-,19-,22+,23-,31-;12-,13-,14+,15-,22-;;/m111../s1. The van der Waals surface area contributed by atoms with E-state index in [1.54, 1.807) is 189 Å². The summed E-state index contributed by atoms with van der Waals surface area (Å²) in [6.45, 7) is 40.1. The molecule has 3 aliphatic heterocycles. The molecule has 3 saturated heterocycles. The second-order valence-corrected chi connectivity index (χ2v) is 48.5. The van der Waals surface area contributed by atoms with Crippen molar-refractivity contribution >= 4 is 136 Å². The number of carboxylic acids is 2. The van der Waals surface area contributed by atoms with Crippen LogP contribution in [0.3, 0.4) is 0 Å². The Morgan fingerprint density at radius 1 is 0.447 bits per heavy atom. The molecule has 150 heavy (non-hydrogen) atoms. The van der Waals surface area contributed by atoms with Gasteiger partial charge in [0, 0.05) is 49.4 Å². The molecule has 14 rings (SSSR count). The van der Waals surface area contributed by atoms with Crippen LogP contribution >= 0.6 is 11.6 Å². The molecule has 49 heteroatoms. The lowest BCUT2D eigenvalue weighted by Crippen LogP contribution is -2.60. The highest BCUT2D eigenvalue weighted by atomic mass is 35.5. The number of nitrogens with one attached hydrogen (secondary N) is 7. The van der Waals surface area contributed by atoms with E-state index in [1.165, 1.54) is 40.8 Å². The number of halogens is 1. The topological polar surface area (TPSA) is 623 Å². The van der Waals surface area contributed by atoms with Crippen LogP contribution in [0.1, 0.15) is 243 Å². The van der Waals surface area contributed by atoms with Crippen LogP contribution in [-0.2, 0) is 86.3 Å². The highest BCUT2D eigenvalue weighted by Crippen LogP contribution is 2.50. The van der Waals surface area contributed by atoms with E-state index in [0.29, 0.717) is 83.4 Å². The van der Waals surface area contributed by atoms with Gasteiger partial charge in [-0.15, -0.1) is 0 Å². The van der Waals surface area contributed by atoms with Gasteiger partial charge < -0.3 is 99.8 Å². The van der Waals surface area contributed by atoms with Gasteiger partial charge in [-0.1, -0.05) is 114 Å². The van der Waals surface area contributed by atoms with Gasteiger partial charge in [-0.2, -0.15) is 16.8 Å². The zero-order valence-corrected chi connectivity index (χ0v) is 92.3. The average Bonchev–Trinajstić information content (AvgIpc) is 1.58. The van der Waals surface area contributed by atoms with E-state index in [0.717, 1.165) is 29.5 Å². The molecule has 0 spiro atoms. The van der Waals surface area contributed by atoms with Crippen LogP contribution in [0.2, 0.25) is 5.15 Å². The summed E-state index contributed by atoms with van der Waals surface area (Å²) in [6, 6.07) is 9.49. The minimum atomic E-state index is -4.46. The zero-order chi connectivity index (χ0) is 112. The highest BCUT2D eigenvalue weighted by Gasteiger charge is 2.65. The fourth-order valence-corrected chi connectivity index (χ4v) is 19.9. The maximum absolute atomic E-state index is 14.5. The van der Waals surface area contributed by atoms with Gasteiger partial charge in [0.15, 0.2) is 0 Å². The molecule has 5 saturated carbocycles. The molecule has 5 aliphatic carbocycles. The van der Waals surface area contributed by atoms with Crippen LogP contribution in [0.4, 0.5) is 14.4 Å². The number of carboxylic acid groups (broad SMARTS) is 2. The Labute approximate surface area is 878 Å². The average molecular weight is 2160 g/mol. The van der Waals surface area contributed by atoms with E-state index in [9.17, 15) is 89.7 Å². The summed E-state index contributed by atoms with van der Waals surface area (Å²) >= 11 is 5.86. The van der Waals surface area contributed by atoms with Crippen molar-refractivity contribution in [1.82, 2.24) is 81.2 Å². The number of nitrogens with zero attached hydrogens (tertiary/aromatic N) is 9. The lowest BCUT2D eigenvalue weighted by Gasteiger charge is -2.36. The Kier molecular flexibility index (Phi) is 36.8. The molecule has 828 valence electrons. The molecule has 6 heterocycles. The normalized spacial score (nSPS) is 23.9. The SMILES string of the molecule is CC1(OS(N)(=O)=O)CC1.CC[C@@H]1C[C@]1(NC(=O)[C@@H]1C[C@@H](O)CN1C(=O)[C@@H](NC(=O)OC(C)(C)C)C(C)(C)C)C(=O)O.CC[C@@H]1C[C@]1(NC(=O)[C@@H]1C[C@@H](Oc2ncnc3cc(OC)ccc23)CN1C(=O)[C@@H](NC(=O)OC(C)(C)C)C(C)(C)C)C(=O)NS(=O)(=O)OC1(C)CC1.CC[C@@H]1C[C@]1(NC(=O)[C@@H]1C[C@@H](Oc2ncnc3cc(OC)ccc23)CN1C(=O)[C@@H](NC(=O)OC(C)(C)C)C(C)(C)C)C(=O)O.COc1ccc2c(Cl)ncnc2c1. The van der Waals surface area contributed by atoms with Gasteiger partial charge in [-0.05, 0) is 192 Å². The summed E-state index contributed by atoms with van der Waals surface area (Å²) in [7, 11) is -3.47. The van der Waals surface area contributed by atoms with E-state index in [-0.39, 0.29) is 74.8 Å². The van der Waals surface area contributed by atoms with Crippen molar-refractivity contribution in [2.45, 2.75) is 342 Å². The van der Waals surface area contributed by atoms with Crippen LogP contribution in [0.5, 0.6) is 29.0 Å². The van der Waals surface area contributed by atoms with Crippen LogP contribution in [-0.4, -0.2) is 288 Å². The number of methoxy groups -OCH3 is 3. The molecule has 8 fully saturated rings. The summed E-state index contributed by atoms with van der Waals surface area (Å²) in [5, 5.41) is 53.0. The Hall–Kier alpha value is -12.3. The molecule has 8 aliphatic rings. The van der Waals surface area contributed by atoms with Crippen molar-refractivity contribution in [1.29, 1.82) is 0 Å². The third-order valence-corrected chi connectivity index (χ3v) is 28.6. The maximum Gasteiger partial charge on any atom is 0.408 e. The van der Waals surface area contributed by atoms with Gasteiger partial charge >= 0.3 is 50.8 Å². The summed E-state index contributed by atoms with van der Waals surface area (Å²) in [5.41, 5.74) is -8.34. The van der Waals surface area contributed by atoms with E-state index in [4.69, 9.17) is 53.7 Å². The first-order valence-electron chi connectivity index (χ1n) is 49.7. The molecular formula is C101H146ClN17O29S2. The number of nitrogens with two attached hydrogens (primary N) is 1. The first kappa shape index (κ1) is 120. The monoisotopic (exact) mass is 2160 g/mol. The number of amides is 10. The Balaban J connectivity index is 0.000000211. The molecule has 10 amide bonds. The fraction of sp³-hybridized carbons (Fsp3) is 0.644. The number of aliphatic carboxylic acids is 2. The second kappa shape index (κ2) is 46.1. The minimum Gasteiger partial charge on any atom is -0.497 e. The highest BCUT2D eigenvalue weighted by molar-refractivity contribution is 7.85. The Bertz CT molecular complexity index is 6260. The molecule has 46 nitrogen and oxygen atoms in total. The maximum atomic E-state index is 14.5. The number of carbonyl (C=O) groups is 12. The van der Waals surface area contributed by atoms with Crippen molar-refractivity contribution in [3.05, 3.63) is 78.7 Å². The lowest BCUT2D eigenvalue weighted by atomic mass is 9.85. The number of ether oxygens (including phenoxy) is 8. The quantitative estimate of drug-likeness (QED) is 0.0147. The molecule has 0 radical (unpaired) electrons. The third-order valence-electron chi connectivity index (χ3n) is 26.6. The number of aliphatic hydroxyl groups is 1.